The number of hydrogen-bond acceptors (Lipinski definition) is 4. The van der Waals surface area contributed by atoms with Crippen LogP contribution in [0.4, 0.5) is 4.39 Å². The first-order valence-corrected chi connectivity index (χ1v) is 9.18. The zero-order valence-corrected chi connectivity index (χ0v) is 15.5. The number of para-hydroxylation sites is 3. The van der Waals surface area contributed by atoms with Gasteiger partial charge in [0, 0.05) is 10.8 Å². The van der Waals surface area contributed by atoms with Gasteiger partial charge < -0.3 is 14.0 Å². The van der Waals surface area contributed by atoms with E-state index in [1.54, 1.807) is 53.1 Å². The van der Waals surface area contributed by atoms with E-state index in [2.05, 4.69) is 0 Å². The van der Waals surface area contributed by atoms with E-state index in [0.717, 1.165) is 0 Å². The molecular formula is C23H18FNO4. The molecule has 0 atom stereocenters. The van der Waals surface area contributed by atoms with E-state index < -0.39 is 11.8 Å². The molecule has 0 radical (unpaired) electrons. The molecule has 0 saturated carbocycles. The Morgan fingerprint density at radius 3 is 2.07 bits per heavy atom. The van der Waals surface area contributed by atoms with Crippen LogP contribution in [0.25, 0.3) is 21.8 Å². The molecule has 1 aromatic heterocycles. The van der Waals surface area contributed by atoms with Crippen molar-refractivity contribution in [3.63, 3.8) is 0 Å². The molecule has 6 heteroatoms. The number of halogens is 1. The minimum Gasteiger partial charge on any atom is -0.487 e. The van der Waals surface area contributed by atoms with E-state index in [0.29, 0.717) is 21.8 Å². The zero-order chi connectivity index (χ0) is 20.2. The van der Waals surface area contributed by atoms with Gasteiger partial charge >= 0.3 is 5.97 Å². The summed E-state index contributed by atoms with van der Waals surface area (Å²) in [5.74, 6) is -0.827. The smallest absolute Gasteiger partial charge is 0.326 e. The lowest BCUT2D eigenvalue weighted by Gasteiger charge is -2.15. The van der Waals surface area contributed by atoms with Crippen molar-refractivity contribution in [2.24, 2.45) is 0 Å². The van der Waals surface area contributed by atoms with E-state index >= 15 is 0 Å². The van der Waals surface area contributed by atoms with Gasteiger partial charge in [0.2, 0.25) is 0 Å². The molecule has 0 bridgehead atoms. The molecule has 0 spiro atoms. The van der Waals surface area contributed by atoms with Crippen LogP contribution in [-0.2, 0) is 16.1 Å². The van der Waals surface area contributed by atoms with Gasteiger partial charge in [-0.1, -0.05) is 36.4 Å². The number of benzene rings is 3. The van der Waals surface area contributed by atoms with Crippen molar-refractivity contribution in [2.45, 2.75) is 6.54 Å². The van der Waals surface area contributed by atoms with E-state index in [9.17, 15) is 14.0 Å². The van der Waals surface area contributed by atoms with Crippen molar-refractivity contribution < 1.29 is 18.7 Å². The Bertz CT molecular complexity index is 1190. The van der Waals surface area contributed by atoms with Crippen molar-refractivity contribution >= 4 is 27.8 Å². The number of hydrogen-bond donors (Lipinski definition) is 0. The summed E-state index contributed by atoms with van der Waals surface area (Å²) in [5, 5.41) is 1.09. The molecule has 146 valence electrons. The third kappa shape index (κ3) is 3.82. The van der Waals surface area contributed by atoms with Crippen molar-refractivity contribution in [3.8, 4) is 5.75 Å². The summed E-state index contributed by atoms with van der Waals surface area (Å²) in [4.78, 5) is 25.1. The second-order valence-electron chi connectivity index (χ2n) is 6.45. The number of pyridine rings is 1. The number of rotatable bonds is 6. The number of aromatic nitrogens is 1. The monoisotopic (exact) mass is 391 g/mol. The average molecular weight is 391 g/mol. The molecule has 0 fully saturated rings. The molecule has 0 amide bonds. The molecule has 0 aliphatic rings. The first-order chi connectivity index (χ1) is 14.1. The lowest BCUT2D eigenvalue weighted by atomic mass is 10.1. The van der Waals surface area contributed by atoms with Gasteiger partial charge in [0.05, 0.1) is 11.0 Å². The summed E-state index contributed by atoms with van der Waals surface area (Å²) >= 11 is 0. The summed E-state index contributed by atoms with van der Waals surface area (Å²) < 4.78 is 25.8. The van der Waals surface area contributed by atoms with Crippen LogP contribution in [0.5, 0.6) is 5.75 Å². The van der Waals surface area contributed by atoms with Crippen LogP contribution in [0.15, 0.2) is 77.6 Å². The molecule has 4 rings (SSSR count). The Labute approximate surface area is 165 Å². The van der Waals surface area contributed by atoms with E-state index in [4.69, 9.17) is 9.47 Å². The first-order valence-electron chi connectivity index (χ1n) is 9.18. The highest BCUT2D eigenvalue weighted by molar-refractivity contribution is 5.94. The molecule has 5 nitrogen and oxygen atoms in total. The topological polar surface area (TPSA) is 57.5 Å². The van der Waals surface area contributed by atoms with Crippen LogP contribution in [-0.4, -0.2) is 23.8 Å². The molecule has 3 aromatic carbocycles. The number of carbonyl (C=O) groups is 1. The van der Waals surface area contributed by atoms with Gasteiger partial charge in [-0.3, -0.25) is 9.59 Å². The Kier molecular flexibility index (Phi) is 5.24. The summed E-state index contributed by atoms with van der Waals surface area (Å²) in [6.45, 7) is -0.0252. The van der Waals surface area contributed by atoms with Gasteiger partial charge in [-0.05, 0) is 36.4 Å². The molecule has 0 aliphatic carbocycles. The Balaban J connectivity index is 1.51. The predicted octanol–water partition coefficient (Wildman–Crippen LogP) is 3.92. The molecule has 29 heavy (non-hydrogen) atoms. The maximum Gasteiger partial charge on any atom is 0.326 e. The molecule has 4 aromatic rings. The number of ether oxygens (including phenoxy) is 2. The largest absolute Gasteiger partial charge is 0.487 e. The van der Waals surface area contributed by atoms with Crippen molar-refractivity contribution in [2.75, 3.05) is 13.2 Å². The lowest BCUT2D eigenvalue weighted by Crippen LogP contribution is -2.20. The minimum atomic E-state index is -0.471. The Morgan fingerprint density at radius 1 is 0.828 bits per heavy atom. The van der Waals surface area contributed by atoms with E-state index in [1.807, 2.05) is 12.1 Å². The summed E-state index contributed by atoms with van der Waals surface area (Å²) in [6.07, 6.45) is 0. The van der Waals surface area contributed by atoms with Gasteiger partial charge in [0.25, 0.3) is 0 Å². The SMILES string of the molecule is O=C(Cn1c2ccccc2c(=O)c2ccccc21)OCCOc1ccccc1F. The molecule has 1 heterocycles. The fourth-order valence-electron chi connectivity index (χ4n) is 3.29. The predicted molar refractivity (Wildman–Crippen MR) is 109 cm³/mol. The highest BCUT2D eigenvalue weighted by Crippen LogP contribution is 2.19. The van der Waals surface area contributed by atoms with Gasteiger partial charge in [0.15, 0.2) is 17.0 Å². The van der Waals surface area contributed by atoms with Gasteiger partial charge in [-0.15, -0.1) is 0 Å². The van der Waals surface area contributed by atoms with Gasteiger partial charge in [-0.25, -0.2) is 4.39 Å². The van der Waals surface area contributed by atoms with Crippen molar-refractivity contribution in [1.29, 1.82) is 0 Å². The van der Waals surface area contributed by atoms with Crippen molar-refractivity contribution in [3.05, 3.63) is 88.8 Å². The second-order valence-corrected chi connectivity index (χ2v) is 6.45. The molecule has 0 N–H and O–H groups in total. The third-order valence-electron chi connectivity index (χ3n) is 4.61. The summed E-state index contributed by atoms with van der Waals surface area (Å²) in [7, 11) is 0. The number of fused-ring (bicyclic) bond motifs is 2. The van der Waals surface area contributed by atoms with Crippen LogP contribution in [0.3, 0.4) is 0 Å². The highest BCUT2D eigenvalue weighted by atomic mass is 19.1. The summed E-state index contributed by atoms with van der Waals surface area (Å²) in [6, 6.07) is 20.4. The van der Waals surface area contributed by atoms with Gasteiger partial charge in [0.1, 0.15) is 19.8 Å². The third-order valence-corrected chi connectivity index (χ3v) is 4.61. The zero-order valence-electron chi connectivity index (χ0n) is 15.5. The lowest BCUT2D eigenvalue weighted by molar-refractivity contribution is -0.144. The maximum atomic E-state index is 13.5. The molecule has 0 aliphatic heterocycles. The van der Waals surface area contributed by atoms with Crippen molar-refractivity contribution in [1.82, 2.24) is 4.57 Å². The standard InChI is InChI=1S/C23H18FNO4/c24-18-9-3-6-12-21(18)28-13-14-29-22(26)15-25-19-10-4-1-7-16(19)23(27)17-8-2-5-11-20(17)25/h1-12H,13-15H2. The fourth-order valence-corrected chi connectivity index (χ4v) is 3.29. The van der Waals surface area contributed by atoms with Crippen LogP contribution >= 0.6 is 0 Å². The Hall–Kier alpha value is -3.67. The normalized spacial score (nSPS) is 10.9. The quantitative estimate of drug-likeness (QED) is 0.284. The molecule has 0 saturated heterocycles. The van der Waals surface area contributed by atoms with E-state index in [-0.39, 0.29) is 30.9 Å². The minimum absolute atomic E-state index is 0.0107. The van der Waals surface area contributed by atoms with Crippen LogP contribution < -0.4 is 10.2 Å². The number of carbonyl (C=O) groups excluding carboxylic acids is 1. The van der Waals surface area contributed by atoms with Gasteiger partial charge in [-0.2, -0.15) is 0 Å². The Morgan fingerprint density at radius 2 is 1.41 bits per heavy atom. The molecule has 0 unspecified atom stereocenters. The van der Waals surface area contributed by atoms with Crippen LogP contribution in [0.1, 0.15) is 0 Å². The average Bonchev–Trinajstić information content (AvgIpc) is 2.75. The number of nitrogens with zero attached hydrogens (tertiary/aromatic N) is 1. The number of esters is 1. The van der Waals surface area contributed by atoms with Crippen LogP contribution in [0.2, 0.25) is 0 Å². The fraction of sp³-hybridized carbons (Fsp3) is 0.130. The van der Waals surface area contributed by atoms with E-state index in [1.165, 1.54) is 12.1 Å². The second kappa shape index (κ2) is 8.14. The molecular weight excluding hydrogens is 373 g/mol. The summed E-state index contributed by atoms with van der Waals surface area (Å²) in [5.41, 5.74) is 1.26. The highest BCUT2D eigenvalue weighted by Gasteiger charge is 2.13. The van der Waals surface area contributed by atoms with Crippen LogP contribution in [0, 0.1) is 5.82 Å². The maximum absolute atomic E-state index is 13.5. The first kappa shape index (κ1) is 18.7.